The fraction of sp³-hybridized carbons (Fsp3) is 0.217. The van der Waals surface area contributed by atoms with Gasteiger partial charge in [-0.05, 0) is 131 Å². The zero-order valence-corrected chi connectivity index (χ0v) is 31.3. The molecule has 2 unspecified atom stereocenters. The molecular weight excluding hydrogens is 744 g/mol. The predicted molar refractivity (Wildman–Crippen MR) is 211 cm³/mol. The van der Waals surface area contributed by atoms with Crippen LogP contribution in [0.3, 0.4) is 0 Å². The fourth-order valence-corrected chi connectivity index (χ4v) is 5.94. The number of epoxide rings is 2. The van der Waals surface area contributed by atoms with Gasteiger partial charge in [0.1, 0.15) is 48.4 Å². The van der Waals surface area contributed by atoms with Crippen molar-refractivity contribution in [3.8, 4) is 23.0 Å². The number of unbranched alkanes of at least 4 members (excludes halogenated alkanes) is 1. The van der Waals surface area contributed by atoms with Crippen molar-refractivity contribution >= 4 is 45.4 Å². The van der Waals surface area contributed by atoms with Crippen molar-refractivity contribution in [3.63, 3.8) is 0 Å². The van der Waals surface area contributed by atoms with E-state index in [1.807, 2.05) is 0 Å². The van der Waals surface area contributed by atoms with Gasteiger partial charge in [0.25, 0.3) is 0 Å². The number of fused-ring (bicyclic) bond motifs is 2. The van der Waals surface area contributed by atoms with Gasteiger partial charge in [-0.1, -0.05) is 24.3 Å². The summed E-state index contributed by atoms with van der Waals surface area (Å²) in [7, 11) is 0. The molecule has 0 N–H and O–H groups in total. The molecule has 0 spiro atoms. The quantitative estimate of drug-likeness (QED) is 0.0385. The minimum atomic E-state index is -0.498. The standard InChI is InChI=1S/C46H38O12/c47-43(35-5-3-33-23-39(17-11-31(33)21-35)57-45(49)29-7-13-37(14-8-29)53-25-41-27-55-41)51-19-1-2-20-52-44(48)36-6-4-34-24-40(18-12-32(34)22-36)58-46(50)30-9-15-38(16-10-30)54-26-42-28-56-42/h3-18,21-24,41-42H,1-2,19-20,25-28H2. The molecule has 2 atom stereocenters. The Balaban J connectivity index is 0.745. The molecule has 0 radical (unpaired) electrons. The third-order valence-electron chi connectivity index (χ3n) is 9.38. The van der Waals surface area contributed by atoms with Crippen LogP contribution in [0.1, 0.15) is 54.3 Å². The van der Waals surface area contributed by atoms with Crippen molar-refractivity contribution < 1.29 is 57.1 Å². The molecule has 0 aromatic heterocycles. The number of hydrogen-bond acceptors (Lipinski definition) is 12. The van der Waals surface area contributed by atoms with Crippen LogP contribution in [0.15, 0.2) is 121 Å². The number of carbonyl (C=O) groups excluding carboxylic acids is 4. The first-order chi connectivity index (χ1) is 28.3. The van der Waals surface area contributed by atoms with E-state index >= 15 is 0 Å². The van der Waals surface area contributed by atoms with E-state index in [1.54, 1.807) is 121 Å². The number of rotatable bonds is 17. The van der Waals surface area contributed by atoms with Gasteiger partial charge in [-0.15, -0.1) is 0 Å². The summed E-state index contributed by atoms with van der Waals surface area (Å²) in [5.74, 6) is 0.109. The number of carbonyl (C=O) groups is 4. The summed E-state index contributed by atoms with van der Waals surface area (Å²) < 4.78 is 43.6. The molecular formula is C46H38O12. The normalized spacial score (nSPS) is 15.3. The summed E-state index contributed by atoms with van der Waals surface area (Å²) in [5, 5.41) is 3.14. The minimum absolute atomic E-state index is 0.145. The van der Waals surface area contributed by atoms with Gasteiger partial charge in [-0.2, -0.15) is 0 Å². The molecule has 2 aliphatic rings. The topological polar surface area (TPSA) is 149 Å². The Morgan fingerprint density at radius 1 is 0.431 bits per heavy atom. The molecule has 2 saturated heterocycles. The van der Waals surface area contributed by atoms with Crippen LogP contribution >= 0.6 is 0 Å². The summed E-state index contributed by atoms with van der Waals surface area (Å²) in [6.45, 7) is 2.69. The van der Waals surface area contributed by atoms with E-state index in [-0.39, 0.29) is 25.4 Å². The van der Waals surface area contributed by atoms with Crippen LogP contribution in [0, 0.1) is 0 Å². The smallest absolute Gasteiger partial charge is 0.343 e. The Bertz CT molecular complexity index is 2280. The molecule has 2 heterocycles. The van der Waals surface area contributed by atoms with Crippen LogP contribution in [0.2, 0.25) is 0 Å². The number of ether oxygens (including phenoxy) is 8. The average Bonchev–Trinajstić information content (AvgIpc) is 4.20. The first-order valence-corrected chi connectivity index (χ1v) is 18.9. The summed E-state index contributed by atoms with van der Waals surface area (Å²) in [6, 6.07) is 34.1. The molecule has 0 aliphatic carbocycles. The van der Waals surface area contributed by atoms with Gasteiger partial charge in [0.15, 0.2) is 0 Å². The molecule has 6 aromatic rings. The third-order valence-corrected chi connectivity index (χ3v) is 9.38. The second kappa shape index (κ2) is 17.6. The Labute approximate surface area is 333 Å². The molecule has 2 fully saturated rings. The lowest BCUT2D eigenvalue weighted by Crippen LogP contribution is -2.10. The lowest BCUT2D eigenvalue weighted by Gasteiger charge is -2.09. The van der Waals surface area contributed by atoms with Crippen molar-refractivity contribution in [2.45, 2.75) is 25.0 Å². The maximum absolute atomic E-state index is 12.8. The zero-order chi connectivity index (χ0) is 39.8. The summed E-state index contributed by atoms with van der Waals surface area (Å²) in [6.07, 6.45) is 1.29. The largest absolute Gasteiger partial charge is 0.491 e. The zero-order valence-electron chi connectivity index (χ0n) is 31.3. The van der Waals surface area contributed by atoms with Crippen molar-refractivity contribution in [2.75, 3.05) is 39.6 Å². The summed E-state index contributed by atoms with van der Waals surface area (Å²) in [4.78, 5) is 50.9. The van der Waals surface area contributed by atoms with E-state index in [4.69, 9.17) is 37.9 Å². The second-order valence-corrected chi connectivity index (χ2v) is 13.8. The Morgan fingerprint density at radius 3 is 1.17 bits per heavy atom. The highest BCUT2D eigenvalue weighted by Crippen LogP contribution is 2.26. The van der Waals surface area contributed by atoms with E-state index in [9.17, 15) is 19.2 Å². The number of esters is 4. The van der Waals surface area contributed by atoms with Crippen LogP contribution < -0.4 is 18.9 Å². The molecule has 0 bridgehead atoms. The van der Waals surface area contributed by atoms with E-state index in [0.29, 0.717) is 84.5 Å². The van der Waals surface area contributed by atoms with E-state index < -0.39 is 23.9 Å². The molecule has 12 nitrogen and oxygen atoms in total. The Hall–Kier alpha value is -6.76. The predicted octanol–water partition coefficient (Wildman–Crippen LogP) is 7.78. The highest BCUT2D eigenvalue weighted by atomic mass is 16.6. The molecule has 294 valence electrons. The summed E-state index contributed by atoms with van der Waals surface area (Å²) in [5.41, 5.74) is 1.55. The maximum atomic E-state index is 12.8. The minimum Gasteiger partial charge on any atom is -0.491 e. The Kier molecular flexibility index (Phi) is 11.6. The van der Waals surface area contributed by atoms with Gasteiger partial charge in [-0.25, -0.2) is 19.2 Å². The monoisotopic (exact) mass is 782 g/mol. The van der Waals surface area contributed by atoms with Crippen LogP contribution in [-0.2, 0) is 18.9 Å². The highest BCUT2D eigenvalue weighted by molar-refractivity contribution is 5.98. The van der Waals surface area contributed by atoms with E-state index in [2.05, 4.69) is 0 Å². The first-order valence-electron chi connectivity index (χ1n) is 18.9. The van der Waals surface area contributed by atoms with Gasteiger partial charge < -0.3 is 37.9 Å². The molecule has 0 saturated carbocycles. The molecule has 58 heavy (non-hydrogen) atoms. The average molecular weight is 783 g/mol. The lowest BCUT2D eigenvalue weighted by atomic mass is 10.1. The molecule has 0 amide bonds. The van der Waals surface area contributed by atoms with Crippen molar-refractivity contribution in [1.82, 2.24) is 0 Å². The summed E-state index contributed by atoms with van der Waals surface area (Å²) >= 11 is 0. The Morgan fingerprint density at radius 2 is 0.776 bits per heavy atom. The molecule has 8 rings (SSSR count). The van der Waals surface area contributed by atoms with Crippen molar-refractivity contribution in [3.05, 3.63) is 144 Å². The van der Waals surface area contributed by atoms with Gasteiger partial charge in [0.2, 0.25) is 0 Å². The van der Waals surface area contributed by atoms with Gasteiger partial charge in [0, 0.05) is 0 Å². The van der Waals surface area contributed by atoms with Gasteiger partial charge >= 0.3 is 23.9 Å². The number of benzene rings is 6. The third kappa shape index (κ3) is 10.2. The second-order valence-electron chi connectivity index (χ2n) is 13.8. The SMILES string of the molecule is O=C(OCCCCOC(=O)c1ccc2cc(OC(=O)c3ccc(OCC4CO4)cc3)ccc2c1)c1ccc2cc(OC(=O)c3ccc(OCC4CO4)cc3)ccc2c1. The number of hydrogen-bond donors (Lipinski definition) is 0. The van der Waals surface area contributed by atoms with Gasteiger partial charge in [0.05, 0.1) is 48.7 Å². The molecule has 12 heteroatoms. The van der Waals surface area contributed by atoms with E-state index in [0.717, 1.165) is 21.5 Å². The maximum Gasteiger partial charge on any atom is 0.343 e. The van der Waals surface area contributed by atoms with Crippen LogP contribution in [0.4, 0.5) is 0 Å². The van der Waals surface area contributed by atoms with Crippen molar-refractivity contribution in [1.29, 1.82) is 0 Å². The van der Waals surface area contributed by atoms with Crippen LogP contribution in [0.5, 0.6) is 23.0 Å². The van der Waals surface area contributed by atoms with Crippen LogP contribution in [-0.4, -0.2) is 75.7 Å². The first kappa shape index (κ1) is 38.1. The fourth-order valence-electron chi connectivity index (χ4n) is 5.94. The molecule has 2 aliphatic heterocycles. The molecule has 6 aromatic carbocycles. The lowest BCUT2D eigenvalue weighted by molar-refractivity contribution is 0.0432. The van der Waals surface area contributed by atoms with Gasteiger partial charge in [-0.3, -0.25) is 0 Å². The van der Waals surface area contributed by atoms with Crippen LogP contribution in [0.25, 0.3) is 21.5 Å². The highest BCUT2D eigenvalue weighted by Gasteiger charge is 2.24. The van der Waals surface area contributed by atoms with Crippen molar-refractivity contribution in [2.24, 2.45) is 0 Å². The van der Waals surface area contributed by atoms with E-state index in [1.165, 1.54) is 0 Å².